The topological polar surface area (TPSA) is 27.0 Å². The van der Waals surface area contributed by atoms with Crippen molar-refractivity contribution in [3.05, 3.63) is 0 Å². The van der Waals surface area contributed by atoms with E-state index in [1.165, 1.54) is 25.9 Å². The Kier molecular flexibility index (Phi) is 1.24. The average Bonchev–Trinajstić information content (AvgIpc) is 1.90. The second-order valence-electron chi connectivity index (χ2n) is 3.23. The van der Waals surface area contributed by atoms with Gasteiger partial charge in [0.05, 0.1) is 6.17 Å². The number of hydrogen-bond donors (Lipinski definition) is 0. The van der Waals surface area contributed by atoms with Gasteiger partial charge in [-0.2, -0.15) is 0 Å². The molecule has 3 rings (SSSR count). The van der Waals surface area contributed by atoms with Crippen molar-refractivity contribution < 1.29 is 0 Å². The summed E-state index contributed by atoms with van der Waals surface area (Å²) in [6.45, 7) is 2.39. The number of hydrogen-bond acceptors (Lipinski definition) is 1. The Labute approximate surface area is 56.0 Å². The fourth-order valence-corrected chi connectivity index (χ4v) is 1.97. The maximum atomic E-state index is 7.59. The third-order valence-corrected chi connectivity index (χ3v) is 2.65. The van der Waals surface area contributed by atoms with Crippen LogP contribution in [0.5, 0.6) is 0 Å². The summed E-state index contributed by atoms with van der Waals surface area (Å²) >= 11 is 0. The molecule has 0 aromatic carbocycles. The molecule has 9 heavy (non-hydrogen) atoms. The highest BCUT2D eigenvalue weighted by molar-refractivity contribution is 4.83. The second kappa shape index (κ2) is 1.96. The Bertz CT molecular complexity index is 105. The van der Waals surface area contributed by atoms with Crippen molar-refractivity contribution in [1.29, 1.82) is 0 Å². The van der Waals surface area contributed by atoms with Crippen LogP contribution in [0.25, 0.3) is 0 Å². The van der Waals surface area contributed by atoms with Crippen molar-refractivity contribution >= 4 is 0 Å². The number of nitrogens with one attached hydrogen (secondary N) is 1. The van der Waals surface area contributed by atoms with Gasteiger partial charge in [0.25, 0.3) is 0 Å². The molecule has 3 heterocycles. The average molecular weight is 125 g/mol. The van der Waals surface area contributed by atoms with E-state index in [-0.39, 0.29) is 6.17 Å². The molecule has 0 amide bonds. The quantitative estimate of drug-likeness (QED) is 0.468. The molecule has 3 aliphatic rings. The largest absolute Gasteiger partial charge is 0.287 e. The van der Waals surface area contributed by atoms with Gasteiger partial charge in [-0.15, -0.1) is 0 Å². The number of fused-ring (bicyclic) bond motifs is 3. The smallest absolute Gasteiger partial charge is 0.0732 e. The van der Waals surface area contributed by atoms with Crippen LogP contribution in [0.15, 0.2) is 0 Å². The van der Waals surface area contributed by atoms with Crippen molar-refractivity contribution in [1.82, 2.24) is 10.6 Å². The summed E-state index contributed by atoms with van der Waals surface area (Å²) in [5.41, 5.74) is 7.59. The molecular formula is C7H13N2. The maximum Gasteiger partial charge on any atom is 0.0732 e. The molecule has 51 valence electrons. The van der Waals surface area contributed by atoms with Gasteiger partial charge in [-0.1, -0.05) is 0 Å². The minimum absolute atomic E-state index is 0.150. The van der Waals surface area contributed by atoms with Gasteiger partial charge >= 0.3 is 0 Å². The first-order chi connectivity index (χ1) is 4.36. The van der Waals surface area contributed by atoms with Crippen molar-refractivity contribution in [3.8, 4) is 0 Å². The Morgan fingerprint density at radius 1 is 1.22 bits per heavy atom. The molecule has 1 radical (unpaired) electrons. The van der Waals surface area contributed by atoms with E-state index in [0.717, 1.165) is 12.3 Å². The Balaban J connectivity index is 2.06. The molecule has 0 spiro atoms. The monoisotopic (exact) mass is 125 g/mol. The molecule has 3 fully saturated rings. The van der Waals surface area contributed by atoms with Gasteiger partial charge in [-0.25, -0.2) is 5.73 Å². The number of piperidine rings is 3. The standard InChI is InChI=1S/C7H13N2/c8-7-5-6-1-3-9(7)4-2-6/h6-8H,1-5H2. The Hall–Kier alpha value is -0.0800. The van der Waals surface area contributed by atoms with Gasteiger partial charge < -0.3 is 0 Å². The van der Waals surface area contributed by atoms with Gasteiger partial charge in [-0.05, 0) is 38.3 Å². The first kappa shape index (κ1) is 5.69. The van der Waals surface area contributed by atoms with Crippen LogP contribution in [0.2, 0.25) is 0 Å². The molecule has 1 unspecified atom stereocenters. The highest BCUT2D eigenvalue weighted by Gasteiger charge is 2.31. The first-order valence-corrected chi connectivity index (χ1v) is 3.81. The Morgan fingerprint density at radius 2 is 1.89 bits per heavy atom. The SMILES string of the molecule is [NH]C1CC2CCN1CC2. The van der Waals surface area contributed by atoms with Crippen molar-refractivity contribution in [3.63, 3.8) is 0 Å². The second-order valence-corrected chi connectivity index (χ2v) is 3.23. The summed E-state index contributed by atoms with van der Waals surface area (Å²) in [6, 6.07) is 0. The van der Waals surface area contributed by atoms with Crippen molar-refractivity contribution in [2.24, 2.45) is 5.92 Å². The zero-order valence-electron chi connectivity index (χ0n) is 5.64. The van der Waals surface area contributed by atoms with E-state index >= 15 is 0 Å². The van der Waals surface area contributed by atoms with Crippen LogP contribution < -0.4 is 5.73 Å². The van der Waals surface area contributed by atoms with Crippen molar-refractivity contribution in [2.75, 3.05) is 13.1 Å². The van der Waals surface area contributed by atoms with Crippen molar-refractivity contribution in [2.45, 2.75) is 25.4 Å². The Morgan fingerprint density at radius 3 is 2.11 bits per heavy atom. The molecule has 3 saturated heterocycles. The minimum atomic E-state index is 0.150. The lowest BCUT2D eigenvalue weighted by molar-refractivity contribution is 0.0491. The molecule has 3 aliphatic heterocycles. The predicted octanol–water partition coefficient (Wildman–Crippen LogP) is 0.711. The molecule has 2 bridgehead atoms. The third kappa shape index (κ3) is 0.864. The van der Waals surface area contributed by atoms with E-state index in [1.807, 2.05) is 0 Å². The lowest BCUT2D eigenvalue weighted by Crippen LogP contribution is -2.49. The molecule has 1 atom stereocenters. The lowest BCUT2D eigenvalue weighted by atomic mass is 9.87. The van der Waals surface area contributed by atoms with E-state index in [1.54, 1.807) is 0 Å². The van der Waals surface area contributed by atoms with Gasteiger partial charge in [0.15, 0.2) is 0 Å². The van der Waals surface area contributed by atoms with Crippen LogP contribution in [-0.4, -0.2) is 24.2 Å². The van der Waals surface area contributed by atoms with E-state index in [0.29, 0.717) is 0 Å². The van der Waals surface area contributed by atoms with Crippen LogP contribution in [0.1, 0.15) is 19.3 Å². The van der Waals surface area contributed by atoms with E-state index < -0.39 is 0 Å². The molecule has 0 aromatic rings. The molecule has 0 aliphatic carbocycles. The zero-order chi connectivity index (χ0) is 6.27. The summed E-state index contributed by atoms with van der Waals surface area (Å²) in [6.07, 6.45) is 4.00. The van der Waals surface area contributed by atoms with Crippen LogP contribution in [-0.2, 0) is 0 Å². The fourth-order valence-electron chi connectivity index (χ4n) is 1.97. The predicted molar refractivity (Wildman–Crippen MR) is 35.8 cm³/mol. The minimum Gasteiger partial charge on any atom is -0.287 e. The third-order valence-electron chi connectivity index (χ3n) is 2.65. The van der Waals surface area contributed by atoms with E-state index in [9.17, 15) is 0 Å². The van der Waals surface area contributed by atoms with Gasteiger partial charge in [-0.3, -0.25) is 4.90 Å². The van der Waals surface area contributed by atoms with Gasteiger partial charge in [0.2, 0.25) is 0 Å². The first-order valence-electron chi connectivity index (χ1n) is 3.81. The highest BCUT2D eigenvalue weighted by Crippen LogP contribution is 2.29. The molecular weight excluding hydrogens is 112 g/mol. The summed E-state index contributed by atoms with van der Waals surface area (Å²) in [7, 11) is 0. The van der Waals surface area contributed by atoms with Gasteiger partial charge in [0.1, 0.15) is 0 Å². The normalized spacial score (nSPS) is 49.7. The van der Waals surface area contributed by atoms with E-state index in [2.05, 4.69) is 4.90 Å². The van der Waals surface area contributed by atoms with E-state index in [4.69, 9.17) is 5.73 Å². The lowest BCUT2D eigenvalue weighted by Gasteiger charge is -2.42. The van der Waals surface area contributed by atoms with Crippen LogP contribution in [0.4, 0.5) is 0 Å². The maximum absolute atomic E-state index is 7.59. The molecule has 1 N–H and O–H groups in total. The summed E-state index contributed by atoms with van der Waals surface area (Å²) in [5.74, 6) is 0.900. The highest BCUT2D eigenvalue weighted by atomic mass is 15.2. The molecule has 0 saturated carbocycles. The zero-order valence-corrected chi connectivity index (χ0v) is 5.64. The van der Waals surface area contributed by atoms with Crippen LogP contribution >= 0.6 is 0 Å². The van der Waals surface area contributed by atoms with Crippen LogP contribution in [0.3, 0.4) is 0 Å². The number of nitrogens with zero attached hydrogens (tertiary/aromatic N) is 1. The molecule has 2 nitrogen and oxygen atoms in total. The molecule has 2 heteroatoms. The summed E-state index contributed by atoms with van der Waals surface area (Å²) in [5, 5.41) is 0. The fraction of sp³-hybridized carbons (Fsp3) is 1.00. The van der Waals surface area contributed by atoms with Crippen LogP contribution in [0, 0.1) is 5.92 Å². The summed E-state index contributed by atoms with van der Waals surface area (Å²) < 4.78 is 0. The number of rotatable bonds is 0. The summed E-state index contributed by atoms with van der Waals surface area (Å²) in [4.78, 5) is 2.29. The molecule has 0 aromatic heterocycles. The van der Waals surface area contributed by atoms with Gasteiger partial charge in [0, 0.05) is 0 Å².